The lowest BCUT2D eigenvalue weighted by Gasteiger charge is -2.09. The highest BCUT2D eigenvalue weighted by Gasteiger charge is 2.12. The first-order chi connectivity index (χ1) is 13.6. The summed E-state index contributed by atoms with van der Waals surface area (Å²) in [6, 6.07) is 12.8. The molecular formula is C20H20ClN3O4. The van der Waals surface area contributed by atoms with Gasteiger partial charge in [-0.25, -0.2) is 0 Å². The Morgan fingerprint density at radius 1 is 1.14 bits per heavy atom. The second kappa shape index (κ2) is 9.23. The molecule has 0 saturated carbocycles. The average Bonchev–Trinajstić information content (AvgIpc) is 3.19. The Hall–Kier alpha value is -3.06. The van der Waals surface area contributed by atoms with E-state index in [0.717, 1.165) is 5.56 Å². The van der Waals surface area contributed by atoms with Crippen LogP contribution < -0.4 is 14.8 Å². The molecule has 8 heteroatoms. The molecule has 0 saturated heterocycles. The summed E-state index contributed by atoms with van der Waals surface area (Å²) in [5, 5.41) is 7.22. The van der Waals surface area contributed by atoms with Gasteiger partial charge in [0.2, 0.25) is 17.6 Å². The predicted octanol–water partition coefficient (Wildman–Crippen LogP) is 3.66. The van der Waals surface area contributed by atoms with Crippen LogP contribution in [0.5, 0.6) is 11.5 Å². The van der Waals surface area contributed by atoms with Crippen LogP contribution in [-0.2, 0) is 17.8 Å². The number of nitrogens with one attached hydrogen (secondary N) is 1. The average molecular weight is 402 g/mol. The zero-order chi connectivity index (χ0) is 19.9. The maximum absolute atomic E-state index is 12.1. The van der Waals surface area contributed by atoms with Gasteiger partial charge in [-0.3, -0.25) is 4.79 Å². The normalized spacial score (nSPS) is 10.5. The number of halogens is 1. The highest BCUT2D eigenvalue weighted by molar-refractivity contribution is 6.33. The Labute approximate surface area is 167 Å². The Bertz CT molecular complexity index is 958. The monoisotopic (exact) mass is 401 g/mol. The Morgan fingerprint density at radius 2 is 1.93 bits per heavy atom. The van der Waals surface area contributed by atoms with Crippen molar-refractivity contribution in [2.45, 2.75) is 19.4 Å². The molecule has 0 atom stereocenters. The fourth-order valence-electron chi connectivity index (χ4n) is 2.64. The summed E-state index contributed by atoms with van der Waals surface area (Å²) in [6.45, 7) is 0.155. The largest absolute Gasteiger partial charge is 0.493 e. The van der Waals surface area contributed by atoms with Crippen molar-refractivity contribution >= 4 is 17.5 Å². The van der Waals surface area contributed by atoms with Gasteiger partial charge >= 0.3 is 0 Å². The van der Waals surface area contributed by atoms with Crippen LogP contribution in [0.4, 0.5) is 0 Å². The molecule has 0 fully saturated rings. The summed E-state index contributed by atoms with van der Waals surface area (Å²) in [7, 11) is 3.16. The molecule has 0 bridgehead atoms. The molecule has 2 aromatic carbocycles. The van der Waals surface area contributed by atoms with E-state index in [1.54, 1.807) is 26.4 Å². The number of methoxy groups -OCH3 is 2. The summed E-state index contributed by atoms with van der Waals surface area (Å²) in [4.78, 5) is 16.4. The quantitative estimate of drug-likeness (QED) is 0.620. The highest BCUT2D eigenvalue weighted by Crippen LogP contribution is 2.28. The van der Waals surface area contributed by atoms with E-state index in [-0.39, 0.29) is 12.5 Å². The van der Waals surface area contributed by atoms with Crippen LogP contribution in [0, 0.1) is 0 Å². The Balaban J connectivity index is 1.52. The van der Waals surface area contributed by atoms with Crippen molar-refractivity contribution in [1.29, 1.82) is 0 Å². The van der Waals surface area contributed by atoms with E-state index in [4.69, 9.17) is 25.6 Å². The first kappa shape index (κ1) is 19.7. The lowest BCUT2D eigenvalue weighted by Crippen LogP contribution is -2.23. The zero-order valence-electron chi connectivity index (χ0n) is 15.6. The smallest absolute Gasteiger partial charge is 0.246 e. The van der Waals surface area contributed by atoms with E-state index >= 15 is 0 Å². The summed E-state index contributed by atoms with van der Waals surface area (Å²) >= 11 is 6.13. The molecule has 1 N–H and O–H groups in total. The number of nitrogens with zero attached hydrogens (tertiary/aromatic N) is 2. The maximum Gasteiger partial charge on any atom is 0.246 e. The lowest BCUT2D eigenvalue weighted by atomic mass is 10.1. The third-order valence-electron chi connectivity index (χ3n) is 4.11. The first-order valence-electron chi connectivity index (χ1n) is 8.65. The Kier molecular flexibility index (Phi) is 6.49. The number of aromatic nitrogens is 2. The van der Waals surface area contributed by atoms with Gasteiger partial charge in [0.05, 0.1) is 25.8 Å². The number of aryl methyl sites for hydroxylation is 1. The second-order valence-electron chi connectivity index (χ2n) is 5.96. The first-order valence-corrected chi connectivity index (χ1v) is 9.03. The topological polar surface area (TPSA) is 86.5 Å². The number of benzene rings is 2. The van der Waals surface area contributed by atoms with Gasteiger partial charge in [0, 0.05) is 12.0 Å². The van der Waals surface area contributed by atoms with Crippen molar-refractivity contribution in [3.63, 3.8) is 0 Å². The van der Waals surface area contributed by atoms with Crippen LogP contribution in [0.2, 0.25) is 5.02 Å². The van der Waals surface area contributed by atoms with Crippen molar-refractivity contribution in [3.8, 4) is 22.9 Å². The molecule has 146 valence electrons. The van der Waals surface area contributed by atoms with Gasteiger partial charge < -0.3 is 19.3 Å². The summed E-state index contributed by atoms with van der Waals surface area (Å²) in [5.74, 6) is 1.88. The molecule has 0 aliphatic carbocycles. The number of carbonyl (C=O) groups is 1. The zero-order valence-corrected chi connectivity index (χ0v) is 16.3. The van der Waals surface area contributed by atoms with Crippen LogP contribution >= 0.6 is 11.6 Å². The van der Waals surface area contributed by atoms with Gasteiger partial charge in [-0.05, 0) is 36.2 Å². The SMILES string of the molecule is COc1ccc(CCC(=O)NCc2nc(-c3ccccc3Cl)no2)cc1OC. The van der Waals surface area contributed by atoms with Gasteiger partial charge in [0.1, 0.15) is 0 Å². The summed E-state index contributed by atoms with van der Waals surface area (Å²) < 4.78 is 15.7. The number of hydrogen-bond donors (Lipinski definition) is 1. The van der Waals surface area contributed by atoms with Gasteiger partial charge in [-0.15, -0.1) is 0 Å². The molecule has 0 unspecified atom stereocenters. The summed E-state index contributed by atoms with van der Waals surface area (Å²) in [6.07, 6.45) is 0.891. The minimum Gasteiger partial charge on any atom is -0.493 e. The molecule has 7 nitrogen and oxygen atoms in total. The summed E-state index contributed by atoms with van der Waals surface area (Å²) in [5.41, 5.74) is 1.66. The number of hydrogen-bond acceptors (Lipinski definition) is 6. The molecule has 3 rings (SSSR count). The number of ether oxygens (including phenoxy) is 2. The minimum atomic E-state index is -0.118. The van der Waals surface area contributed by atoms with Crippen LogP contribution in [0.15, 0.2) is 47.0 Å². The van der Waals surface area contributed by atoms with E-state index < -0.39 is 0 Å². The number of amides is 1. The molecular weight excluding hydrogens is 382 g/mol. The predicted molar refractivity (Wildman–Crippen MR) is 104 cm³/mol. The van der Waals surface area contributed by atoms with Crippen molar-refractivity contribution in [3.05, 3.63) is 58.9 Å². The van der Waals surface area contributed by atoms with Gasteiger partial charge in [-0.1, -0.05) is 35.0 Å². The van der Waals surface area contributed by atoms with Crippen LogP contribution in [0.25, 0.3) is 11.4 Å². The minimum absolute atomic E-state index is 0.118. The van der Waals surface area contributed by atoms with Crippen molar-refractivity contribution in [2.24, 2.45) is 0 Å². The molecule has 0 spiro atoms. The maximum atomic E-state index is 12.1. The van der Waals surface area contributed by atoms with Crippen LogP contribution in [-0.4, -0.2) is 30.3 Å². The molecule has 3 aromatic rings. The molecule has 0 aliphatic rings. The van der Waals surface area contributed by atoms with Crippen LogP contribution in [0.1, 0.15) is 17.9 Å². The molecule has 0 radical (unpaired) electrons. The number of rotatable bonds is 8. The van der Waals surface area contributed by atoms with Crippen molar-refractivity contribution in [1.82, 2.24) is 15.5 Å². The lowest BCUT2D eigenvalue weighted by molar-refractivity contribution is -0.121. The molecule has 1 aromatic heterocycles. The second-order valence-corrected chi connectivity index (χ2v) is 6.36. The van der Waals surface area contributed by atoms with E-state index in [9.17, 15) is 4.79 Å². The molecule has 1 amide bonds. The highest BCUT2D eigenvalue weighted by atomic mass is 35.5. The van der Waals surface area contributed by atoms with Crippen molar-refractivity contribution < 1.29 is 18.8 Å². The molecule has 0 aliphatic heterocycles. The van der Waals surface area contributed by atoms with E-state index in [2.05, 4.69) is 15.5 Å². The molecule has 28 heavy (non-hydrogen) atoms. The van der Waals surface area contributed by atoms with Crippen LogP contribution in [0.3, 0.4) is 0 Å². The Morgan fingerprint density at radius 3 is 2.68 bits per heavy atom. The standard InChI is InChI=1S/C20H20ClN3O4/c1-26-16-9-7-13(11-17(16)27-2)8-10-18(25)22-12-19-23-20(24-28-19)14-5-3-4-6-15(14)21/h3-7,9,11H,8,10,12H2,1-2H3,(H,22,25). The third kappa shape index (κ3) is 4.80. The number of carbonyl (C=O) groups excluding carboxylic acids is 1. The fraction of sp³-hybridized carbons (Fsp3) is 0.250. The molecule has 1 heterocycles. The van der Waals surface area contributed by atoms with E-state index in [1.807, 2.05) is 30.3 Å². The van der Waals surface area contributed by atoms with Gasteiger partial charge in [0.25, 0.3) is 0 Å². The van der Waals surface area contributed by atoms with Gasteiger partial charge in [0.15, 0.2) is 11.5 Å². The third-order valence-corrected chi connectivity index (χ3v) is 4.44. The van der Waals surface area contributed by atoms with E-state index in [0.29, 0.717) is 46.6 Å². The van der Waals surface area contributed by atoms with Gasteiger partial charge in [-0.2, -0.15) is 4.98 Å². The van der Waals surface area contributed by atoms with E-state index in [1.165, 1.54) is 0 Å². The van der Waals surface area contributed by atoms with Crippen molar-refractivity contribution in [2.75, 3.05) is 14.2 Å². The fourth-order valence-corrected chi connectivity index (χ4v) is 2.86.